The van der Waals surface area contributed by atoms with Gasteiger partial charge >= 0.3 is 0 Å². The minimum atomic E-state index is -1.14. The van der Waals surface area contributed by atoms with Crippen molar-refractivity contribution in [2.45, 2.75) is 58.0 Å². The maximum atomic E-state index is 12.6. The van der Waals surface area contributed by atoms with Crippen molar-refractivity contribution in [1.82, 2.24) is 0 Å². The molecule has 4 aliphatic rings. The van der Waals surface area contributed by atoms with Crippen LogP contribution >= 0.6 is 0 Å². The first-order valence-electron chi connectivity index (χ1n) is 7.44. The highest BCUT2D eigenvalue weighted by Gasteiger charge is 2.61. The zero-order chi connectivity index (χ0) is 13.0. The van der Waals surface area contributed by atoms with Gasteiger partial charge in [-0.15, -0.1) is 0 Å². The minimum absolute atomic E-state index is 0.0509. The van der Waals surface area contributed by atoms with E-state index in [1.165, 1.54) is 32.1 Å². The van der Waals surface area contributed by atoms with Crippen LogP contribution < -0.4 is 0 Å². The first-order chi connectivity index (χ1) is 8.48. The van der Waals surface area contributed by atoms with Gasteiger partial charge in [0, 0.05) is 5.92 Å². The normalized spacial score (nSPS) is 51.7. The van der Waals surface area contributed by atoms with E-state index < -0.39 is 11.0 Å². The summed E-state index contributed by atoms with van der Waals surface area (Å²) in [5.74, 6) is 1.08. The molecule has 1 N–H and O–H groups in total. The summed E-state index contributed by atoms with van der Waals surface area (Å²) in [7, 11) is 0. The number of ketones is 1. The van der Waals surface area contributed by atoms with Crippen molar-refractivity contribution in [2.24, 2.45) is 23.2 Å². The fourth-order valence-electron chi connectivity index (χ4n) is 4.80. The smallest absolute Gasteiger partial charge is 0.174 e. The molecule has 2 bridgehead atoms. The van der Waals surface area contributed by atoms with Crippen molar-refractivity contribution in [1.29, 1.82) is 0 Å². The molecule has 100 valence electrons. The van der Waals surface area contributed by atoms with Crippen LogP contribution in [0.1, 0.15) is 52.4 Å². The van der Waals surface area contributed by atoms with Crippen molar-refractivity contribution < 1.29 is 9.90 Å². The monoisotopic (exact) mass is 248 g/mol. The zero-order valence-electron chi connectivity index (χ0n) is 11.5. The Morgan fingerprint density at radius 3 is 2.56 bits per heavy atom. The molecule has 0 spiro atoms. The van der Waals surface area contributed by atoms with Crippen molar-refractivity contribution in [3.8, 4) is 0 Å². The second-order valence-electron chi connectivity index (χ2n) is 6.91. The third-order valence-electron chi connectivity index (χ3n) is 5.80. The molecule has 18 heavy (non-hydrogen) atoms. The van der Waals surface area contributed by atoms with Gasteiger partial charge in [-0.3, -0.25) is 4.79 Å². The van der Waals surface area contributed by atoms with E-state index in [2.05, 4.69) is 19.1 Å². The molecule has 0 heterocycles. The van der Waals surface area contributed by atoms with Crippen LogP contribution in [0.3, 0.4) is 0 Å². The minimum Gasteiger partial charge on any atom is -0.382 e. The molecule has 0 aromatic carbocycles. The Morgan fingerprint density at radius 2 is 1.83 bits per heavy atom. The van der Waals surface area contributed by atoms with E-state index in [0.29, 0.717) is 11.8 Å². The van der Waals surface area contributed by atoms with Crippen LogP contribution in [0.5, 0.6) is 0 Å². The first-order valence-corrected chi connectivity index (χ1v) is 7.44. The molecule has 0 aromatic heterocycles. The summed E-state index contributed by atoms with van der Waals surface area (Å²) in [4.78, 5) is 12.6. The van der Waals surface area contributed by atoms with E-state index in [1.54, 1.807) is 6.92 Å². The number of aliphatic hydroxyl groups is 1. The fraction of sp³-hybridized carbons (Fsp3) is 0.812. The molecule has 5 atom stereocenters. The molecule has 0 saturated heterocycles. The summed E-state index contributed by atoms with van der Waals surface area (Å²) in [5, 5.41) is 10.6. The van der Waals surface area contributed by atoms with Crippen LogP contribution in [0.2, 0.25) is 0 Å². The van der Waals surface area contributed by atoms with Gasteiger partial charge in [-0.05, 0) is 38.5 Å². The molecule has 2 saturated carbocycles. The molecule has 0 amide bonds. The number of carbonyl (C=O) groups is 1. The standard InChI is InChI=1S/C16H24O2/c1-15-10-9-13(16(2,18)14(15)17)11-7-5-3-4-6-8-12(11)15/h9-13,18H,3-8H2,1-2H3/t11-,12+,13-,15+,16+/m1/s1. The quantitative estimate of drug-likeness (QED) is 0.669. The maximum absolute atomic E-state index is 12.6. The number of Topliss-reactive ketones (excluding diaryl/α,β-unsaturated/α-hetero) is 1. The molecule has 4 aliphatic carbocycles. The van der Waals surface area contributed by atoms with Gasteiger partial charge in [0.2, 0.25) is 0 Å². The second-order valence-corrected chi connectivity index (χ2v) is 6.91. The van der Waals surface area contributed by atoms with Gasteiger partial charge in [-0.25, -0.2) is 0 Å². The number of fused-ring (bicyclic) bond motifs is 1. The molecule has 0 unspecified atom stereocenters. The highest BCUT2D eigenvalue weighted by Crippen LogP contribution is 2.57. The third kappa shape index (κ3) is 1.48. The van der Waals surface area contributed by atoms with Gasteiger partial charge in [-0.2, -0.15) is 0 Å². The fourth-order valence-corrected chi connectivity index (χ4v) is 4.80. The topological polar surface area (TPSA) is 37.3 Å². The molecule has 2 fully saturated rings. The summed E-state index contributed by atoms with van der Waals surface area (Å²) in [6.07, 6.45) is 11.7. The summed E-state index contributed by atoms with van der Waals surface area (Å²) in [6.45, 7) is 3.78. The Bertz CT molecular complexity index is 396. The van der Waals surface area contributed by atoms with E-state index >= 15 is 0 Å². The zero-order valence-corrected chi connectivity index (χ0v) is 11.5. The maximum Gasteiger partial charge on any atom is 0.174 e. The van der Waals surface area contributed by atoms with Gasteiger partial charge in [0.15, 0.2) is 5.78 Å². The molecule has 0 radical (unpaired) electrons. The highest BCUT2D eigenvalue weighted by molar-refractivity contribution is 5.96. The van der Waals surface area contributed by atoms with Crippen LogP contribution in [0.4, 0.5) is 0 Å². The summed E-state index contributed by atoms with van der Waals surface area (Å²) in [6, 6.07) is 0. The summed E-state index contributed by atoms with van der Waals surface area (Å²) >= 11 is 0. The van der Waals surface area contributed by atoms with Gasteiger partial charge in [0.25, 0.3) is 0 Å². The van der Waals surface area contributed by atoms with Gasteiger partial charge in [0.05, 0.1) is 5.41 Å². The molecule has 2 nitrogen and oxygen atoms in total. The van der Waals surface area contributed by atoms with Crippen LogP contribution in [-0.4, -0.2) is 16.5 Å². The number of carbonyl (C=O) groups excluding carboxylic acids is 1. The average molecular weight is 248 g/mol. The van der Waals surface area contributed by atoms with Crippen LogP contribution in [0.15, 0.2) is 12.2 Å². The number of allylic oxidation sites excluding steroid dienone is 1. The molecule has 0 aliphatic heterocycles. The molecule has 0 aromatic rings. The lowest BCUT2D eigenvalue weighted by Gasteiger charge is -2.57. The van der Waals surface area contributed by atoms with Crippen LogP contribution in [-0.2, 0) is 4.79 Å². The molecular weight excluding hydrogens is 224 g/mol. The Morgan fingerprint density at radius 1 is 1.17 bits per heavy atom. The number of hydrogen-bond acceptors (Lipinski definition) is 2. The number of hydrogen-bond donors (Lipinski definition) is 1. The lowest BCUT2D eigenvalue weighted by Crippen LogP contribution is -2.63. The van der Waals surface area contributed by atoms with Crippen LogP contribution in [0, 0.1) is 23.2 Å². The van der Waals surface area contributed by atoms with Crippen molar-refractivity contribution in [3.63, 3.8) is 0 Å². The van der Waals surface area contributed by atoms with Gasteiger partial charge in [0.1, 0.15) is 5.60 Å². The summed E-state index contributed by atoms with van der Waals surface area (Å²) in [5.41, 5.74) is -1.55. The Balaban J connectivity index is 2.03. The van der Waals surface area contributed by atoms with E-state index in [9.17, 15) is 9.90 Å². The van der Waals surface area contributed by atoms with E-state index in [0.717, 1.165) is 6.42 Å². The third-order valence-corrected chi connectivity index (χ3v) is 5.80. The average Bonchev–Trinajstić information content (AvgIpc) is 2.27. The first kappa shape index (κ1) is 12.4. The highest BCUT2D eigenvalue weighted by atomic mass is 16.3. The lowest BCUT2D eigenvalue weighted by molar-refractivity contribution is -0.169. The Labute approximate surface area is 109 Å². The predicted octanol–water partition coefficient (Wildman–Crippen LogP) is 3.10. The van der Waals surface area contributed by atoms with Crippen LogP contribution in [0.25, 0.3) is 0 Å². The molecular formula is C16H24O2. The van der Waals surface area contributed by atoms with Gasteiger partial charge < -0.3 is 5.11 Å². The number of rotatable bonds is 0. The Kier molecular flexibility index (Phi) is 2.71. The largest absolute Gasteiger partial charge is 0.382 e. The van der Waals surface area contributed by atoms with Crippen molar-refractivity contribution >= 4 is 5.78 Å². The predicted molar refractivity (Wildman–Crippen MR) is 71.0 cm³/mol. The van der Waals surface area contributed by atoms with Gasteiger partial charge in [-0.1, -0.05) is 37.8 Å². The molecule has 2 heteroatoms. The SMILES string of the molecule is C[C@@]1(O)C(=O)[C@@]2(C)C=C[C@@H]1[C@@H]1CCCCCC[C@@H]12. The summed E-state index contributed by atoms with van der Waals surface area (Å²) < 4.78 is 0. The van der Waals surface area contributed by atoms with E-state index in [4.69, 9.17) is 0 Å². The van der Waals surface area contributed by atoms with Crippen molar-refractivity contribution in [2.75, 3.05) is 0 Å². The van der Waals surface area contributed by atoms with E-state index in [-0.39, 0.29) is 11.7 Å². The van der Waals surface area contributed by atoms with E-state index in [1.807, 2.05) is 0 Å². The second kappa shape index (κ2) is 3.93. The Hall–Kier alpha value is -0.630. The lowest BCUT2D eigenvalue weighted by atomic mass is 9.47. The molecule has 4 rings (SSSR count). The van der Waals surface area contributed by atoms with Crippen molar-refractivity contribution in [3.05, 3.63) is 12.2 Å².